The number of pyridine rings is 1. The summed E-state index contributed by atoms with van der Waals surface area (Å²) in [5, 5.41) is 14.0. The Morgan fingerprint density at radius 3 is 2.43 bits per heavy atom. The van der Waals surface area contributed by atoms with E-state index in [1.54, 1.807) is 43.0 Å². The first-order valence-corrected chi connectivity index (χ1v) is 14.6. The third-order valence-corrected chi connectivity index (χ3v) is 8.30. The predicted molar refractivity (Wildman–Crippen MR) is 157 cm³/mol. The molecule has 6 rings (SSSR count). The number of amides is 2. The molecule has 1 atom stereocenters. The molecule has 2 fully saturated rings. The van der Waals surface area contributed by atoms with Crippen LogP contribution in [0.5, 0.6) is 0 Å². The number of hydrogen-bond acceptors (Lipinski definition) is 9. The lowest BCUT2D eigenvalue weighted by atomic mass is 9.81. The Balaban J connectivity index is 1.24. The average Bonchev–Trinajstić information content (AvgIpc) is 3.64. The van der Waals surface area contributed by atoms with Crippen LogP contribution < -0.4 is 10.2 Å². The SMILES string of the molecule is Cc1cc(Nc2cc(C)[nH]n2)nc(N2CCC3(CC2)C(=O)N(C(C)c2ccc(-n4cc(F)cn4)nc2)CC(=O)N3CC(F)(F)F)n1. The van der Waals surface area contributed by atoms with Crippen molar-refractivity contribution in [2.45, 2.75) is 51.4 Å². The zero-order valence-electron chi connectivity index (χ0n) is 25.2. The molecule has 0 radical (unpaired) electrons. The number of alkyl halides is 3. The lowest BCUT2D eigenvalue weighted by molar-refractivity contribution is -0.191. The maximum absolute atomic E-state index is 14.2. The Bertz CT molecular complexity index is 1750. The van der Waals surface area contributed by atoms with Crippen LogP contribution in [0.15, 0.2) is 42.9 Å². The third kappa shape index (κ3) is 6.08. The van der Waals surface area contributed by atoms with Crippen molar-refractivity contribution in [2.24, 2.45) is 0 Å². The first-order chi connectivity index (χ1) is 21.8. The van der Waals surface area contributed by atoms with E-state index in [2.05, 4.69) is 35.6 Å². The number of rotatable bonds is 7. The van der Waals surface area contributed by atoms with E-state index in [0.717, 1.165) is 18.1 Å². The van der Waals surface area contributed by atoms with Gasteiger partial charge in [-0.1, -0.05) is 6.07 Å². The van der Waals surface area contributed by atoms with Crippen molar-refractivity contribution in [3.05, 3.63) is 65.6 Å². The molecule has 46 heavy (non-hydrogen) atoms. The van der Waals surface area contributed by atoms with Gasteiger partial charge in [0.15, 0.2) is 17.5 Å². The van der Waals surface area contributed by atoms with Gasteiger partial charge in [0.2, 0.25) is 17.8 Å². The summed E-state index contributed by atoms with van der Waals surface area (Å²) in [6.07, 6.45) is -1.15. The number of nitrogens with one attached hydrogen (secondary N) is 2. The van der Waals surface area contributed by atoms with Gasteiger partial charge in [-0.15, -0.1) is 0 Å². The van der Waals surface area contributed by atoms with Crippen LogP contribution in [0.4, 0.5) is 35.1 Å². The van der Waals surface area contributed by atoms with E-state index in [1.165, 1.54) is 15.8 Å². The zero-order valence-corrected chi connectivity index (χ0v) is 25.2. The summed E-state index contributed by atoms with van der Waals surface area (Å²) in [6, 6.07) is 6.10. The molecule has 2 saturated heterocycles. The van der Waals surface area contributed by atoms with Crippen LogP contribution >= 0.6 is 0 Å². The highest BCUT2D eigenvalue weighted by Crippen LogP contribution is 2.40. The molecule has 17 heteroatoms. The van der Waals surface area contributed by atoms with E-state index in [4.69, 9.17) is 0 Å². The maximum Gasteiger partial charge on any atom is 0.406 e. The lowest BCUT2D eigenvalue weighted by Crippen LogP contribution is -2.72. The standard InChI is InChI=1S/C29H31F4N11O2/c1-17-10-22(37-23-11-18(2)39-40-23)38-27(36-17)41-8-6-28(7-9-41)26(46)42(15-25(45)43(28)16-29(31,32)33)19(3)20-4-5-24(34-12-20)44-14-21(30)13-35-44/h4-5,10-14,19H,6-9,15-16H2,1-3H3,(H2,36,37,38,39,40). The number of carbonyl (C=O) groups is 2. The van der Waals surface area contributed by atoms with Gasteiger partial charge in [0.1, 0.15) is 24.4 Å². The number of aromatic amines is 1. The molecule has 4 aromatic heterocycles. The molecule has 2 aliphatic heterocycles. The molecule has 13 nitrogen and oxygen atoms in total. The summed E-state index contributed by atoms with van der Waals surface area (Å²) in [5.41, 5.74) is 0.342. The number of anilines is 3. The number of hydrogen-bond donors (Lipinski definition) is 2. The van der Waals surface area contributed by atoms with Crippen molar-refractivity contribution < 1.29 is 27.2 Å². The number of piperazine rings is 1. The van der Waals surface area contributed by atoms with Crippen molar-refractivity contribution in [3.8, 4) is 5.82 Å². The van der Waals surface area contributed by atoms with Crippen molar-refractivity contribution in [2.75, 3.05) is 36.4 Å². The molecule has 6 heterocycles. The fourth-order valence-electron chi connectivity index (χ4n) is 5.97. The molecule has 1 spiro atoms. The van der Waals surface area contributed by atoms with Crippen LogP contribution in [0.2, 0.25) is 0 Å². The number of H-pyrrole nitrogens is 1. The van der Waals surface area contributed by atoms with Crippen molar-refractivity contribution >= 4 is 29.4 Å². The fraction of sp³-hybridized carbons (Fsp3) is 0.414. The summed E-state index contributed by atoms with van der Waals surface area (Å²) < 4.78 is 56.0. The summed E-state index contributed by atoms with van der Waals surface area (Å²) in [5.74, 6) is -0.180. The first-order valence-electron chi connectivity index (χ1n) is 14.6. The fourth-order valence-corrected chi connectivity index (χ4v) is 5.97. The molecule has 0 bridgehead atoms. The highest BCUT2D eigenvalue weighted by Gasteiger charge is 2.57. The van der Waals surface area contributed by atoms with Gasteiger partial charge in [-0.05, 0) is 45.2 Å². The summed E-state index contributed by atoms with van der Waals surface area (Å²) in [6.45, 7) is 3.56. The second-order valence-electron chi connectivity index (χ2n) is 11.5. The second-order valence-corrected chi connectivity index (χ2v) is 11.5. The molecule has 2 N–H and O–H groups in total. The molecular weight excluding hydrogens is 610 g/mol. The summed E-state index contributed by atoms with van der Waals surface area (Å²) >= 11 is 0. The molecule has 2 aliphatic rings. The van der Waals surface area contributed by atoms with Gasteiger partial charge >= 0.3 is 6.18 Å². The number of piperidine rings is 1. The molecule has 2 amide bonds. The zero-order chi connectivity index (χ0) is 32.8. The molecule has 242 valence electrons. The highest BCUT2D eigenvalue weighted by atomic mass is 19.4. The van der Waals surface area contributed by atoms with E-state index in [9.17, 15) is 27.2 Å². The number of nitrogens with zero attached hydrogens (tertiary/aromatic N) is 9. The largest absolute Gasteiger partial charge is 0.406 e. The van der Waals surface area contributed by atoms with Gasteiger partial charge in [0.25, 0.3) is 0 Å². The van der Waals surface area contributed by atoms with Gasteiger partial charge in [0, 0.05) is 42.8 Å². The van der Waals surface area contributed by atoms with Crippen molar-refractivity contribution in [3.63, 3.8) is 0 Å². The topological polar surface area (TPSA) is 141 Å². The maximum atomic E-state index is 14.2. The minimum atomic E-state index is -4.70. The number of aromatic nitrogens is 7. The van der Waals surface area contributed by atoms with Gasteiger partial charge < -0.3 is 20.0 Å². The smallest absolute Gasteiger partial charge is 0.341 e. The average molecular weight is 642 g/mol. The molecular formula is C29H31F4N11O2. The third-order valence-electron chi connectivity index (χ3n) is 8.30. The van der Waals surface area contributed by atoms with Crippen molar-refractivity contribution in [1.82, 2.24) is 44.7 Å². The highest BCUT2D eigenvalue weighted by molar-refractivity contribution is 5.98. The van der Waals surface area contributed by atoms with E-state index in [-0.39, 0.29) is 25.9 Å². The van der Waals surface area contributed by atoms with Gasteiger partial charge in [-0.2, -0.15) is 28.4 Å². The molecule has 4 aromatic rings. The molecule has 0 aromatic carbocycles. The van der Waals surface area contributed by atoms with Crippen LogP contribution in [-0.2, 0) is 9.59 Å². The van der Waals surface area contributed by atoms with Crippen molar-refractivity contribution in [1.29, 1.82) is 0 Å². The minimum absolute atomic E-state index is 0.0580. The monoisotopic (exact) mass is 641 g/mol. The van der Waals surface area contributed by atoms with Crippen LogP contribution in [0.3, 0.4) is 0 Å². The Hall–Kier alpha value is -5.09. The number of aryl methyl sites for hydroxylation is 2. The minimum Gasteiger partial charge on any atom is -0.341 e. The molecule has 0 aliphatic carbocycles. The van der Waals surface area contributed by atoms with E-state index >= 15 is 0 Å². The van der Waals surface area contributed by atoms with Gasteiger partial charge in [0.05, 0.1) is 18.4 Å². The summed E-state index contributed by atoms with van der Waals surface area (Å²) in [7, 11) is 0. The first kappa shape index (κ1) is 30.9. The van der Waals surface area contributed by atoms with E-state index in [0.29, 0.717) is 39.6 Å². The Morgan fingerprint density at radius 1 is 1.07 bits per heavy atom. The van der Waals surface area contributed by atoms with Gasteiger partial charge in [-0.25, -0.2) is 19.0 Å². The van der Waals surface area contributed by atoms with Crippen LogP contribution in [-0.4, -0.2) is 94.4 Å². The van der Waals surface area contributed by atoms with Crippen LogP contribution in [0.25, 0.3) is 5.82 Å². The number of carbonyl (C=O) groups excluding carboxylic acids is 2. The predicted octanol–water partition coefficient (Wildman–Crippen LogP) is 3.61. The molecule has 1 unspecified atom stereocenters. The second kappa shape index (κ2) is 11.7. The Morgan fingerprint density at radius 2 is 1.83 bits per heavy atom. The Kier molecular flexibility index (Phi) is 7.85. The normalized spacial score (nSPS) is 17.6. The molecule has 0 saturated carbocycles. The van der Waals surface area contributed by atoms with Crippen LogP contribution in [0, 0.1) is 19.7 Å². The van der Waals surface area contributed by atoms with Gasteiger partial charge in [-0.3, -0.25) is 14.7 Å². The quantitative estimate of drug-likeness (QED) is 0.290. The summed E-state index contributed by atoms with van der Waals surface area (Å²) in [4.78, 5) is 44.8. The number of halogens is 4. The lowest BCUT2D eigenvalue weighted by Gasteiger charge is -2.53. The van der Waals surface area contributed by atoms with E-state index in [1.807, 2.05) is 6.92 Å². The van der Waals surface area contributed by atoms with E-state index < -0.39 is 48.5 Å². The Labute approximate surface area is 260 Å². The van der Waals surface area contributed by atoms with Crippen LogP contribution in [0.1, 0.15) is 42.8 Å².